The van der Waals surface area contributed by atoms with Gasteiger partial charge in [0.15, 0.2) is 11.5 Å². The van der Waals surface area contributed by atoms with Gasteiger partial charge in [0.2, 0.25) is 6.10 Å². The number of benzene rings is 2. The van der Waals surface area contributed by atoms with Crippen molar-refractivity contribution in [3.8, 4) is 28.4 Å². The van der Waals surface area contributed by atoms with Crippen molar-refractivity contribution in [1.29, 1.82) is 0 Å². The third-order valence-electron chi connectivity index (χ3n) is 4.67. The number of carbonyl (C=O) groups is 1. The summed E-state index contributed by atoms with van der Waals surface area (Å²) in [4.78, 5) is 14.9. The van der Waals surface area contributed by atoms with Crippen LogP contribution in [0.25, 0.3) is 11.1 Å². The highest BCUT2D eigenvalue weighted by molar-refractivity contribution is 5.96. The first-order valence-corrected chi connectivity index (χ1v) is 9.70. The Kier molecular flexibility index (Phi) is 5.85. The summed E-state index contributed by atoms with van der Waals surface area (Å²) in [5, 5.41) is 9.71. The van der Waals surface area contributed by atoms with Crippen molar-refractivity contribution in [1.82, 2.24) is 15.1 Å². The largest absolute Gasteiger partial charge is 0.490 e. The molecule has 4 rings (SSSR count). The van der Waals surface area contributed by atoms with Gasteiger partial charge in [-0.1, -0.05) is 18.2 Å². The summed E-state index contributed by atoms with van der Waals surface area (Å²) in [5.41, 5.74) is 2.45. The van der Waals surface area contributed by atoms with Crippen LogP contribution in [0.1, 0.15) is 0 Å². The summed E-state index contributed by atoms with van der Waals surface area (Å²) in [5.74, 6) is 1.49. The van der Waals surface area contributed by atoms with Crippen LogP contribution in [0, 0.1) is 0 Å². The van der Waals surface area contributed by atoms with Gasteiger partial charge in [-0.15, -0.1) is 0 Å². The van der Waals surface area contributed by atoms with Crippen LogP contribution < -0.4 is 19.5 Å². The maximum Gasteiger partial charge on any atom is 0.269 e. The molecular weight excluding hydrogens is 384 g/mol. The number of nitrogens with one attached hydrogen (secondary N) is 2. The molecule has 1 aliphatic rings. The maximum absolute atomic E-state index is 12.8. The first-order chi connectivity index (χ1) is 14.6. The molecule has 1 aromatic heterocycles. The van der Waals surface area contributed by atoms with E-state index >= 15 is 0 Å². The lowest BCUT2D eigenvalue weighted by atomic mass is 10.1. The minimum atomic E-state index is -0.747. The minimum Gasteiger partial charge on any atom is -0.490 e. The number of nitrogens with zero attached hydrogens (tertiary/aromatic N) is 2. The van der Waals surface area contributed by atoms with Crippen LogP contribution in [0.2, 0.25) is 0 Å². The van der Waals surface area contributed by atoms with E-state index in [2.05, 4.69) is 15.5 Å². The molecular formula is C22H24N4O4. The predicted molar refractivity (Wildman–Crippen MR) is 113 cm³/mol. The number of aromatic nitrogens is 2. The lowest BCUT2D eigenvalue weighted by Gasteiger charge is -2.26. The number of aromatic amines is 1. The fraction of sp³-hybridized carbons (Fsp3) is 0.273. The van der Waals surface area contributed by atoms with E-state index in [-0.39, 0.29) is 12.5 Å². The van der Waals surface area contributed by atoms with Gasteiger partial charge in [-0.3, -0.25) is 9.89 Å². The lowest BCUT2D eigenvalue weighted by Crippen LogP contribution is -2.40. The summed E-state index contributed by atoms with van der Waals surface area (Å²) < 4.78 is 17.4. The molecule has 0 saturated heterocycles. The Bertz CT molecular complexity index is 1000. The van der Waals surface area contributed by atoms with Gasteiger partial charge in [-0.2, -0.15) is 5.10 Å². The van der Waals surface area contributed by atoms with E-state index in [1.807, 2.05) is 61.6 Å². The molecule has 2 N–H and O–H groups in total. The van der Waals surface area contributed by atoms with Crippen LogP contribution in [0.3, 0.4) is 0 Å². The lowest BCUT2D eigenvalue weighted by molar-refractivity contribution is -0.125. The van der Waals surface area contributed by atoms with Crippen molar-refractivity contribution in [3.05, 3.63) is 54.9 Å². The summed E-state index contributed by atoms with van der Waals surface area (Å²) >= 11 is 0. The molecule has 0 bridgehead atoms. The molecule has 2 heterocycles. The van der Waals surface area contributed by atoms with E-state index in [4.69, 9.17) is 14.2 Å². The number of amides is 1. The van der Waals surface area contributed by atoms with Gasteiger partial charge >= 0.3 is 0 Å². The standard InChI is InChI=1S/C22H24N4O4/c1-26(2)9-10-28-20-11-15(16-12-23-24-13-16)7-8-17(20)25-22(27)21-14-29-18-5-3-4-6-19(18)30-21/h3-8,11-13,21H,9-10,14H2,1-2H3,(H,23,24)(H,25,27)/t21-/m1/s1. The first kappa shape index (κ1) is 19.8. The monoisotopic (exact) mass is 408 g/mol. The van der Waals surface area contributed by atoms with E-state index in [1.54, 1.807) is 12.3 Å². The Hall–Kier alpha value is -3.52. The number of rotatable bonds is 7. The SMILES string of the molecule is CN(C)CCOc1cc(-c2cn[nH]c2)ccc1NC(=O)[C@H]1COc2ccccc2O1. The molecule has 3 aromatic rings. The number of hydrogen-bond donors (Lipinski definition) is 2. The van der Waals surface area contributed by atoms with E-state index in [9.17, 15) is 4.79 Å². The highest BCUT2D eigenvalue weighted by Gasteiger charge is 2.28. The molecule has 0 spiro atoms. The maximum atomic E-state index is 12.8. The van der Waals surface area contributed by atoms with Crippen molar-refractivity contribution >= 4 is 11.6 Å². The highest BCUT2D eigenvalue weighted by Crippen LogP contribution is 2.33. The van der Waals surface area contributed by atoms with Gasteiger partial charge in [-0.25, -0.2) is 0 Å². The Labute approximate surface area is 174 Å². The Morgan fingerprint density at radius 3 is 2.83 bits per heavy atom. The van der Waals surface area contributed by atoms with Crippen LogP contribution >= 0.6 is 0 Å². The average Bonchev–Trinajstić information content (AvgIpc) is 3.29. The highest BCUT2D eigenvalue weighted by atomic mass is 16.6. The first-order valence-electron chi connectivity index (χ1n) is 9.70. The normalized spacial score (nSPS) is 15.1. The molecule has 30 heavy (non-hydrogen) atoms. The zero-order chi connectivity index (χ0) is 20.9. The average molecular weight is 408 g/mol. The van der Waals surface area contributed by atoms with Crippen LogP contribution in [-0.4, -0.2) is 61.0 Å². The van der Waals surface area contributed by atoms with E-state index in [1.165, 1.54) is 0 Å². The zero-order valence-corrected chi connectivity index (χ0v) is 16.9. The fourth-order valence-corrected chi connectivity index (χ4v) is 3.03. The third-order valence-corrected chi connectivity index (χ3v) is 4.67. The van der Waals surface area contributed by atoms with Crippen LogP contribution in [0.5, 0.6) is 17.2 Å². The van der Waals surface area contributed by atoms with Crippen molar-refractivity contribution in [2.75, 3.05) is 39.2 Å². The van der Waals surface area contributed by atoms with Crippen molar-refractivity contribution in [2.45, 2.75) is 6.10 Å². The molecule has 156 valence electrons. The van der Waals surface area contributed by atoms with Crippen LogP contribution in [0.15, 0.2) is 54.9 Å². The van der Waals surface area contributed by atoms with Gasteiger partial charge in [0.05, 0.1) is 11.9 Å². The molecule has 1 atom stereocenters. The zero-order valence-electron chi connectivity index (χ0n) is 16.9. The van der Waals surface area contributed by atoms with Gasteiger partial charge in [0.1, 0.15) is 19.0 Å². The van der Waals surface area contributed by atoms with Crippen LogP contribution in [-0.2, 0) is 4.79 Å². The van der Waals surface area contributed by atoms with E-state index in [0.717, 1.165) is 17.7 Å². The molecule has 0 radical (unpaired) electrons. The quantitative estimate of drug-likeness (QED) is 0.625. The molecule has 8 heteroatoms. The molecule has 0 saturated carbocycles. The van der Waals surface area contributed by atoms with Gasteiger partial charge in [-0.05, 0) is 43.9 Å². The summed E-state index contributed by atoms with van der Waals surface area (Å²) in [6, 6.07) is 12.9. The Morgan fingerprint density at radius 2 is 2.07 bits per heavy atom. The number of carbonyl (C=O) groups excluding carboxylic acids is 1. The molecule has 8 nitrogen and oxygen atoms in total. The molecule has 0 fully saturated rings. The number of para-hydroxylation sites is 2. The number of hydrogen-bond acceptors (Lipinski definition) is 6. The van der Waals surface area contributed by atoms with E-state index in [0.29, 0.717) is 29.5 Å². The van der Waals surface area contributed by atoms with Crippen LogP contribution in [0.4, 0.5) is 5.69 Å². The minimum absolute atomic E-state index is 0.146. The van der Waals surface area contributed by atoms with E-state index < -0.39 is 6.10 Å². The second-order valence-corrected chi connectivity index (χ2v) is 7.20. The summed E-state index contributed by atoms with van der Waals surface area (Å²) in [6.45, 7) is 1.38. The Balaban J connectivity index is 1.51. The van der Waals surface area contributed by atoms with Gasteiger partial charge in [0, 0.05) is 18.3 Å². The van der Waals surface area contributed by atoms with Crippen molar-refractivity contribution in [2.24, 2.45) is 0 Å². The molecule has 0 unspecified atom stereocenters. The second kappa shape index (κ2) is 8.87. The summed E-state index contributed by atoms with van der Waals surface area (Å²) in [7, 11) is 3.96. The number of fused-ring (bicyclic) bond motifs is 1. The van der Waals surface area contributed by atoms with Crippen molar-refractivity contribution in [3.63, 3.8) is 0 Å². The predicted octanol–water partition coefficient (Wildman–Crippen LogP) is 2.80. The molecule has 0 aliphatic carbocycles. The Morgan fingerprint density at radius 1 is 1.23 bits per heavy atom. The third kappa shape index (κ3) is 4.55. The smallest absolute Gasteiger partial charge is 0.269 e. The van der Waals surface area contributed by atoms with Gasteiger partial charge < -0.3 is 24.4 Å². The molecule has 1 amide bonds. The molecule has 2 aromatic carbocycles. The fourth-order valence-electron chi connectivity index (χ4n) is 3.03. The van der Waals surface area contributed by atoms with Gasteiger partial charge in [0.25, 0.3) is 5.91 Å². The number of H-pyrrole nitrogens is 1. The number of likely N-dealkylation sites (N-methyl/N-ethyl adjacent to an activating group) is 1. The summed E-state index contributed by atoms with van der Waals surface area (Å²) in [6.07, 6.45) is 2.80. The number of anilines is 1. The topological polar surface area (TPSA) is 88.7 Å². The number of ether oxygens (including phenoxy) is 3. The second-order valence-electron chi connectivity index (χ2n) is 7.20. The van der Waals surface area contributed by atoms with Crippen molar-refractivity contribution < 1.29 is 19.0 Å². The molecule has 1 aliphatic heterocycles.